The minimum absolute atomic E-state index is 0.148. The van der Waals surface area contributed by atoms with Crippen molar-refractivity contribution in [3.8, 4) is 0 Å². The number of halogens is 2. The molecule has 3 aromatic carbocycles. The fourth-order valence-electron chi connectivity index (χ4n) is 3.25. The first kappa shape index (κ1) is 24.2. The van der Waals surface area contributed by atoms with Crippen LogP contribution in [0, 0.1) is 10.1 Å². The number of non-ortho nitro benzene ring substituents is 1. The molecule has 0 spiro atoms. The number of fused-ring (bicyclic) bond motifs is 1. The average molecular weight is 516 g/mol. The van der Waals surface area contributed by atoms with E-state index in [2.05, 4.69) is 9.72 Å². The number of methoxy groups -OCH3 is 1. The van der Waals surface area contributed by atoms with Crippen LogP contribution in [-0.2, 0) is 4.74 Å². The lowest BCUT2D eigenvalue weighted by atomic mass is 10.1. The van der Waals surface area contributed by atoms with Gasteiger partial charge < -0.3 is 4.74 Å². The quantitative estimate of drug-likeness (QED) is 0.123. The van der Waals surface area contributed by atoms with E-state index in [1.165, 1.54) is 46.6 Å². The van der Waals surface area contributed by atoms with Crippen LogP contribution in [0.3, 0.4) is 0 Å². The molecule has 0 aliphatic carbocycles. The first-order chi connectivity index (χ1) is 16.8. The summed E-state index contributed by atoms with van der Waals surface area (Å²) < 4.78 is 30.9. The number of thiazole rings is 1. The van der Waals surface area contributed by atoms with Crippen molar-refractivity contribution in [1.29, 1.82) is 0 Å². The Balaban J connectivity index is 1.85. The Bertz CT molecular complexity index is 1390. The number of nitro groups is 1. The molecule has 1 heterocycles. The number of hydrogen-bond donors (Lipinski definition) is 0. The van der Waals surface area contributed by atoms with Gasteiger partial charge in [0.2, 0.25) is 0 Å². The summed E-state index contributed by atoms with van der Waals surface area (Å²) in [6.07, 6.45) is 0. The Morgan fingerprint density at radius 3 is 2.40 bits per heavy atom. The Labute approximate surface area is 205 Å². The Hall–Kier alpha value is -3.90. The molecule has 4 rings (SSSR count). The Morgan fingerprint density at radius 1 is 1.09 bits per heavy atom. The first-order valence-electron chi connectivity index (χ1n) is 9.89. The first-order valence-corrected chi connectivity index (χ1v) is 11.6. The molecule has 178 valence electrons. The van der Waals surface area contributed by atoms with Crippen molar-refractivity contribution in [2.45, 2.75) is 10.7 Å². The highest BCUT2D eigenvalue weighted by Crippen LogP contribution is 2.36. The summed E-state index contributed by atoms with van der Waals surface area (Å²) in [6, 6.07) is 16.3. The maximum atomic E-state index is 13.7. The van der Waals surface area contributed by atoms with Crippen LogP contribution in [0.5, 0.6) is 0 Å². The van der Waals surface area contributed by atoms with Crippen LogP contribution < -0.4 is 4.90 Å². The van der Waals surface area contributed by atoms with Crippen molar-refractivity contribution in [2.75, 3.05) is 12.0 Å². The monoisotopic (exact) mass is 515 g/mol. The van der Waals surface area contributed by atoms with Gasteiger partial charge >= 0.3 is 5.97 Å². The fourth-order valence-corrected chi connectivity index (χ4v) is 4.74. The van der Waals surface area contributed by atoms with Crippen molar-refractivity contribution in [1.82, 2.24) is 4.98 Å². The van der Waals surface area contributed by atoms with Gasteiger partial charge in [-0.05, 0) is 42.5 Å². The zero-order valence-electron chi connectivity index (χ0n) is 17.9. The van der Waals surface area contributed by atoms with Crippen LogP contribution in [0.25, 0.3) is 10.2 Å². The van der Waals surface area contributed by atoms with E-state index in [9.17, 15) is 28.5 Å². The van der Waals surface area contributed by atoms with Crippen molar-refractivity contribution in [2.24, 2.45) is 0 Å². The normalized spacial score (nSPS) is 11.0. The van der Waals surface area contributed by atoms with Gasteiger partial charge in [-0.3, -0.25) is 19.8 Å². The second-order valence-electron chi connectivity index (χ2n) is 6.99. The Morgan fingerprint density at radius 2 is 1.77 bits per heavy atom. The molecular formula is C23H15F2N3O5S2. The van der Waals surface area contributed by atoms with Crippen LogP contribution in [-0.4, -0.2) is 34.7 Å². The largest absolute Gasteiger partial charge is 0.465 e. The fraction of sp³-hybridized carbons (Fsp3) is 0.0870. The number of para-hydroxylation sites is 1. The van der Waals surface area contributed by atoms with Gasteiger partial charge in [-0.1, -0.05) is 35.2 Å². The number of nitrogens with zero attached hydrogens (tertiary/aromatic N) is 3. The maximum absolute atomic E-state index is 13.7. The van der Waals surface area contributed by atoms with Crippen molar-refractivity contribution in [3.63, 3.8) is 0 Å². The van der Waals surface area contributed by atoms with Crippen LogP contribution >= 0.6 is 23.1 Å². The second kappa shape index (κ2) is 10.2. The number of carbonyl (C=O) groups is 2. The summed E-state index contributed by atoms with van der Waals surface area (Å²) in [5, 5.41) is 11.7. The second-order valence-corrected chi connectivity index (χ2v) is 9.07. The molecule has 0 saturated heterocycles. The lowest BCUT2D eigenvalue weighted by Crippen LogP contribution is -2.26. The summed E-state index contributed by atoms with van der Waals surface area (Å²) in [6.45, 7) is 0. The molecule has 8 nitrogen and oxygen atoms in total. The molecule has 0 saturated carbocycles. The summed E-state index contributed by atoms with van der Waals surface area (Å²) in [7, 11) is 1.12. The van der Waals surface area contributed by atoms with E-state index in [0.717, 1.165) is 23.9 Å². The van der Waals surface area contributed by atoms with Gasteiger partial charge in [0.05, 0.1) is 33.5 Å². The summed E-state index contributed by atoms with van der Waals surface area (Å²) >= 11 is 1.57. The van der Waals surface area contributed by atoms with Crippen LogP contribution in [0.1, 0.15) is 20.7 Å². The predicted octanol–water partition coefficient (Wildman–Crippen LogP) is 6.28. The van der Waals surface area contributed by atoms with Gasteiger partial charge in [-0.15, -0.1) is 0 Å². The number of aromatic nitrogens is 1. The van der Waals surface area contributed by atoms with E-state index in [0.29, 0.717) is 27.9 Å². The van der Waals surface area contributed by atoms with E-state index in [1.54, 1.807) is 12.1 Å². The number of rotatable bonds is 7. The third-order valence-corrected chi connectivity index (χ3v) is 6.54. The Kier molecular flexibility index (Phi) is 7.03. The molecule has 12 heteroatoms. The molecule has 0 unspecified atom stereocenters. The predicted molar refractivity (Wildman–Crippen MR) is 129 cm³/mol. The van der Waals surface area contributed by atoms with Gasteiger partial charge in [-0.2, -0.15) is 8.78 Å². The third-order valence-electron chi connectivity index (χ3n) is 4.79. The number of esters is 1. The number of anilines is 2. The smallest absolute Gasteiger partial charge is 0.338 e. The van der Waals surface area contributed by atoms with Crippen molar-refractivity contribution in [3.05, 3.63) is 88.0 Å². The number of thioether (sulfide) groups is 1. The number of ether oxygens (including phenoxy) is 1. The molecule has 4 aromatic rings. The van der Waals surface area contributed by atoms with Gasteiger partial charge in [0.1, 0.15) is 0 Å². The molecule has 0 fully saturated rings. The highest BCUT2D eigenvalue weighted by atomic mass is 32.2. The van der Waals surface area contributed by atoms with E-state index >= 15 is 0 Å². The summed E-state index contributed by atoms with van der Waals surface area (Å²) in [4.78, 5) is 42.5. The van der Waals surface area contributed by atoms with E-state index in [4.69, 9.17) is 0 Å². The van der Waals surface area contributed by atoms with Gasteiger partial charge in [0.25, 0.3) is 17.4 Å². The van der Waals surface area contributed by atoms with Crippen LogP contribution in [0.15, 0.2) is 71.6 Å². The minimum Gasteiger partial charge on any atom is -0.465 e. The highest BCUT2D eigenvalue weighted by Gasteiger charge is 2.27. The van der Waals surface area contributed by atoms with Crippen molar-refractivity contribution < 1.29 is 28.0 Å². The topological polar surface area (TPSA) is 103 Å². The van der Waals surface area contributed by atoms with Gasteiger partial charge in [-0.25, -0.2) is 9.78 Å². The zero-order chi connectivity index (χ0) is 25.1. The number of carbonyl (C=O) groups excluding carboxylic acids is 2. The number of alkyl halides is 2. The van der Waals surface area contributed by atoms with E-state index in [-0.39, 0.29) is 16.3 Å². The van der Waals surface area contributed by atoms with E-state index < -0.39 is 28.2 Å². The average Bonchev–Trinajstić information content (AvgIpc) is 3.27. The van der Waals surface area contributed by atoms with Gasteiger partial charge in [0, 0.05) is 22.6 Å². The SMILES string of the molecule is COC(=O)c1cc(C(=O)N(c2ccc(SC(F)F)cc2)c2nc3ccccc3s2)cc([N+](=O)[O-])c1. The molecule has 35 heavy (non-hydrogen) atoms. The van der Waals surface area contributed by atoms with Crippen molar-refractivity contribution >= 4 is 61.7 Å². The molecular weight excluding hydrogens is 500 g/mol. The summed E-state index contributed by atoms with van der Waals surface area (Å²) in [5.74, 6) is -4.15. The van der Waals surface area contributed by atoms with Crippen LogP contribution in [0.4, 0.5) is 25.3 Å². The van der Waals surface area contributed by atoms with Crippen LogP contribution in [0.2, 0.25) is 0 Å². The maximum Gasteiger partial charge on any atom is 0.338 e. The molecule has 0 N–H and O–H groups in total. The lowest BCUT2D eigenvalue weighted by molar-refractivity contribution is -0.384. The van der Waals surface area contributed by atoms with E-state index in [1.807, 2.05) is 12.1 Å². The molecule has 0 aliphatic heterocycles. The lowest BCUT2D eigenvalue weighted by Gasteiger charge is -2.20. The van der Waals surface area contributed by atoms with Gasteiger partial charge in [0.15, 0.2) is 5.13 Å². The molecule has 1 amide bonds. The number of hydrogen-bond acceptors (Lipinski definition) is 8. The highest BCUT2D eigenvalue weighted by molar-refractivity contribution is 7.99. The standard InChI is InChI=1S/C23H15F2N3O5S2/c1-33-21(30)14-10-13(11-16(12-14)28(31)32)20(29)27(15-6-8-17(9-7-15)34-22(24)25)23-26-18-4-2-3-5-19(18)35-23/h2-12,22H,1H3. The molecule has 0 atom stereocenters. The summed E-state index contributed by atoms with van der Waals surface area (Å²) in [5.41, 5.74) is 0.148. The minimum atomic E-state index is -2.61. The number of amides is 1. The zero-order valence-corrected chi connectivity index (χ0v) is 19.5. The molecule has 0 aliphatic rings. The number of benzene rings is 3. The molecule has 0 bridgehead atoms. The molecule has 1 aromatic heterocycles. The number of nitro benzene ring substituents is 1. The molecule has 0 radical (unpaired) electrons. The third kappa shape index (κ3) is 5.28.